The van der Waals surface area contributed by atoms with Crippen LogP contribution in [0.25, 0.3) is 0 Å². The third-order valence-corrected chi connectivity index (χ3v) is 3.67. The number of rotatable bonds is 4. The molecular formula is C14H18N2O2. The van der Waals surface area contributed by atoms with Crippen LogP contribution in [0, 0.1) is 0 Å². The molecule has 1 saturated heterocycles. The highest BCUT2D eigenvalue weighted by atomic mass is 16.2. The summed E-state index contributed by atoms with van der Waals surface area (Å²) in [4.78, 5) is 26.7. The van der Waals surface area contributed by atoms with E-state index >= 15 is 0 Å². The van der Waals surface area contributed by atoms with E-state index < -0.39 is 5.66 Å². The Hall–Kier alpha value is -1.84. The van der Waals surface area contributed by atoms with Gasteiger partial charge in [0.2, 0.25) is 12.3 Å². The second-order valence-corrected chi connectivity index (χ2v) is 4.67. The minimum absolute atomic E-state index is 0.114. The summed E-state index contributed by atoms with van der Waals surface area (Å²) in [6.07, 6.45) is 1.99. The summed E-state index contributed by atoms with van der Waals surface area (Å²) in [7, 11) is 0. The number of carbonyl (C=O) groups excluding carboxylic acids is 2. The van der Waals surface area contributed by atoms with Crippen LogP contribution >= 0.6 is 0 Å². The highest BCUT2D eigenvalue weighted by molar-refractivity contribution is 5.85. The number of benzene rings is 1. The van der Waals surface area contributed by atoms with E-state index in [1.54, 1.807) is 9.80 Å². The van der Waals surface area contributed by atoms with Crippen LogP contribution < -0.4 is 4.90 Å². The molecule has 0 spiro atoms. The molecule has 1 aromatic rings. The van der Waals surface area contributed by atoms with E-state index in [0.29, 0.717) is 19.4 Å². The Kier molecular flexibility index (Phi) is 3.36. The molecule has 1 atom stereocenters. The first kappa shape index (κ1) is 12.6. The van der Waals surface area contributed by atoms with Crippen LogP contribution in [-0.4, -0.2) is 29.4 Å². The molecule has 0 radical (unpaired) electrons. The second kappa shape index (κ2) is 4.80. The zero-order valence-electron chi connectivity index (χ0n) is 10.8. The molecule has 4 nitrogen and oxygen atoms in total. The van der Waals surface area contributed by atoms with Crippen LogP contribution in [0.4, 0.5) is 5.69 Å². The van der Waals surface area contributed by atoms with Gasteiger partial charge in [0, 0.05) is 18.7 Å². The number of hydrogen-bond acceptors (Lipinski definition) is 2. The Morgan fingerprint density at radius 1 is 1.39 bits per heavy atom. The molecule has 1 unspecified atom stereocenters. The number of nitrogens with zero attached hydrogens (tertiary/aromatic N) is 2. The lowest BCUT2D eigenvalue weighted by Crippen LogP contribution is -2.56. The number of likely N-dealkylation sites (tertiary alicyclic amines) is 1. The van der Waals surface area contributed by atoms with Crippen molar-refractivity contribution in [3.63, 3.8) is 0 Å². The van der Waals surface area contributed by atoms with E-state index in [2.05, 4.69) is 0 Å². The minimum Gasteiger partial charge on any atom is -0.320 e. The predicted molar refractivity (Wildman–Crippen MR) is 70.0 cm³/mol. The standard InChI is InChI=1S/C14H18N2O2/c1-3-15-13(18)9-10-14(15,2)16(11-17)12-7-5-4-6-8-12/h4-8,11H,3,9-10H2,1-2H3. The van der Waals surface area contributed by atoms with Gasteiger partial charge in [0.25, 0.3) is 0 Å². The number of amides is 2. The zero-order chi connectivity index (χ0) is 13.2. The molecule has 2 rings (SSSR count). The van der Waals surface area contributed by atoms with Crippen molar-refractivity contribution in [2.24, 2.45) is 0 Å². The van der Waals surface area contributed by atoms with Crippen LogP contribution in [0.2, 0.25) is 0 Å². The van der Waals surface area contributed by atoms with E-state index in [1.165, 1.54) is 0 Å². The molecule has 96 valence electrons. The summed E-state index contributed by atoms with van der Waals surface area (Å²) in [6, 6.07) is 9.46. The Morgan fingerprint density at radius 2 is 2.06 bits per heavy atom. The van der Waals surface area contributed by atoms with Gasteiger partial charge in [-0.2, -0.15) is 0 Å². The van der Waals surface area contributed by atoms with Gasteiger partial charge in [-0.15, -0.1) is 0 Å². The van der Waals surface area contributed by atoms with Crippen molar-refractivity contribution in [2.45, 2.75) is 32.4 Å². The van der Waals surface area contributed by atoms with E-state index in [9.17, 15) is 9.59 Å². The van der Waals surface area contributed by atoms with Gasteiger partial charge in [-0.25, -0.2) is 0 Å². The van der Waals surface area contributed by atoms with Crippen molar-refractivity contribution in [1.82, 2.24) is 4.90 Å². The van der Waals surface area contributed by atoms with Gasteiger partial charge in [-0.3, -0.25) is 14.5 Å². The summed E-state index contributed by atoms with van der Waals surface area (Å²) in [5.41, 5.74) is 0.276. The molecular weight excluding hydrogens is 228 g/mol. The molecule has 0 bridgehead atoms. The molecule has 1 heterocycles. The fraction of sp³-hybridized carbons (Fsp3) is 0.429. The van der Waals surface area contributed by atoms with Gasteiger partial charge < -0.3 is 4.90 Å². The molecule has 0 aliphatic carbocycles. The van der Waals surface area contributed by atoms with Crippen LogP contribution in [0.1, 0.15) is 26.7 Å². The lowest BCUT2D eigenvalue weighted by Gasteiger charge is -2.42. The molecule has 18 heavy (non-hydrogen) atoms. The zero-order valence-corrected chi connectivity index (χ0v) is 10.8. The molecule has 1 aromatic carbocycles. The molecule has 1 aliphatic heterocycles. The van der Waals surface area contributed by atoms with E-state index in [1.807, 2.05) is 44.2 Å². The van der Waals surface area contributed by atoms with Gasteiger partial charge in [0.1, 0.15) is 5.66 Å². The molecule has 0 saturated carbocycles. The quantitative estimate of drug-likeness (QED) is 0.762. The van der Waals surface area contributed by atoms with E-state index in [0.717, 1.165) is 12.1 Å². The summed E-state index contributed by atoms with van der Waals surface area (Å²) in [6.45, 7) is 4.50. The highest BCUT2D eigenvalue weighted by Gasteiger charge is 2.45. The van der Waals surface area contributed by atoms with Crippen molar-refractivity contribution < 1.29 is 9.59 Å². The van der Waals surface area contributed by atoms with Crippen molar-refractivity contribution >= 4 is 18.0 Å². The molecule has 1 fully saturated rings. The average Bonchev–Trinajstić information content (AvgIpc) is 2.67. The number of hydrogen-bond donors (Lipinski definition) is 0. The molecule has 2 amide bonds. The monoisotopic (exact) mass is 246 g/mol. The van der Waals surface area contributed by atoms with Crippen LogP contribution in [0.5, 0.6) is 0 Å². The lowest BCUT2D eigenvalue weighted by molar-refractivity contribution is -0.131. The Bertz CT molecular complexity index is 446. The van der Waals surface area contributed by atoms with Gasteiger partial charge in [-0.05, 0) is 32.4 Å². The summed E-state index contributed by atoms with van der Waals surface area (Å²) >= 11 is 0. The first-order valence-electron chi connectivity index (χ1n) is 6.23. The van der Waals surface area contributed by atoms with Crippen molar-refractivity contribution in [3.8, 4) is 0 Å². The summed E-state index contributed by atoms with van der Waals surface area (Å²) in [5, 5.41) is 0. The second-order valence-electron chi connectivity index (χ2n) is 4.67. The van der Waals surface area contributed by atoms with E-state index in [4.69, 9.17) is 0 Å². The fourth-order valence-electron chi connectivity index (χ4n) is 2.69. The predicted octanol–water partition coefficient (Wildman–Crippen LogP) is 2.01. The smallest absolute Gasteiger partial charge is 0.224 e. The van der Waals surface area contributed by atoms with Gasteiger partial charge in [-0.1, -0.05) is 18.2 Å². The third-order valence-electron chi connectivity index (χ3n) is 3.67. The van der Waals surface area contributed by atoms with Gasteiger partial charge >= 0.3 is 0 Å². The molecule has 4 heteroatoms. The highest BCUT2D eigenvalue weighted by Crippen LogP contribution is 2.35. The fourth-order valence-corrected chi connectivity index (χ4v) is 2.69. The third kappa shape index (κ3) is 1.88. The SMILES string of the molecule is CCN1C(=O)CCC1(C)N(C=O)c1ccccc1. The van der Waals surface area contributed by atoms with Crippen molar-refractivity contribution in [2.75, 3.05) is 11.4 Å². The maximum atomic E-state index is 11.9. The first-order valence-corrected chi connectivity index (χ1v) is 6.23. The van der Waals surface area contributed by atoms with Crippen LogP contribution in [0.15, 0.2) is 30.3 Å². The largest absolute Gasteiger partial charge is 0.320 e. The van der Waals surface area contributed by atoms with Gasteiger partial charge in [0.05, 0.1) is 0 Å². The maximum Gasteiger partial charge on any atom is 0.224 e. The van der Waals surface area contributed by atoms with Crippen molar-refractivity contribution in [3.05, 3.63) is 30.3 Å². The van der Waals surface area contributed by atoms with E-state index in [-0.39, 0.29) is 5.91 Å². The Labute approximate surface area is 107 Å². The lowest BCUT2D eigenvalue weighted by atomic mass is 10.1. The summed E-state index contributed by atoms with van der Waals surface area (Å²) in [5.74, 6) is 0.114. The number of anilines is 1. The maximum absolute atomic E-state index is 11.9. The first-order chi connectivity index (χ1) is 8.63. The molecule has 0 aromatic heterocycles. The van der Waals surface area contributed by atoms with Crippen LogP contribution in [-0.2, 0) is 9.59 Å². The number of para-hydroxylation sites is 1. The molecule has 0 N–H and O–H groups in total. The Balaban J connectivity index is 2.38. The van der Waals surface area contributed by atoms with Crippen molar-refractivity contribution in [1.29, 1.82) is 0 Å². The Morgan fingerprint density at radius 3 is 2.61 bits per heavy atom. The molecule has 1 aliphatic rings. The minimum atomic E-state index is -0.547. The number of carbonyl (C=O) groups is 2. The summed E-state index contributed by atoms with van der Waals surface area (Å²) < 4.78 is 0. The topological polar surface area (TPSA) is 40.6 Å². The average molecular weight is 246 g/mol. The van der Waals surface area contributed by atoms with Gasteiger partial charge in [0.15, 0.2) is 0 Å². The normalized spacial score (nSPS) is 23.2. The van der Waals surface area contributed by atoms with Crippen LogP contribution in [0.3, 0.4) is 0 Å².